The highest BCUT2D eigenvalue weighted by atomic mass is 16.5. The van der Waals surface area contributed by atoms with Gasteiger partial charge >= 0.3 is 5.97 Å². The highest BCUT2D eigenvalue weighted by Gasteiger charge is 2.15. The van der Waals surface area contributed by atoms with Crippen LogP contribution in [0.15, 0.2) is 12.1 Å². The van der Waals surface area contributed by atoms with Crippen molar-refractivity contribution >= 4 is 12.3 Å². The Morgan fingerprint density at radius 3 is 2.67 bits per heavy atom. The molecule has 0 amide bonds. The van der Waals surface area contributed by atoms with Gasteiger partial charge in [-0.15, -0.1) is 0 Å². The zero-order chi connectivity index (χ0) is 11.4. The number of benzene rings is 1. The first kappa shape index (κ1) is 11.2. The van der Waals surface area contributed by atoms with E-state index in [0.29, 0.717) is 23.8 Å². The molecular weight excluding hydrogens is 196 g/mol. The van der Waals surface area contributed by atoms with Crippen molar-refractivity contribution in [2.75, 3.05) is 7.11 Å². The van der Waals surface area contributed by atoms with Crippen LogP contribution in [-0.4, -0.2) is 24.5 Å². The van der Waals surface area contributed by atoms with Gasteiger partial charge in [-0.1, -0.05) is 6.92 Å². The molecular formula is C11H12O4. The minimum atomic E-state index is -0.647. The molecule has 1 rings (SSSR count). The molecule has 1 aromatic rings. The summed E-state index contributed by atoms with van der Waals surface area (Å²) in [6.07, 6.45) is 1.17. The van der Waals surface area contributed by atoms with E-state index in [1.54, 1.807) is 6.07 Å². The Kier molecular flexibility index (Phi) is 3.44. The maximum Gasteiger partial charge on any atom is 0.341 e. The third-order valence-electron chi connectivity index (χ3n) is 2.13. The van der Waals surface area contributed by atoms with Crippen LogP contribution in [0.5, 0.6) is 5.75 Å². The minimum absolute atomic E-state index is 0.0268. The van der Waals surface area contributed by atoms with Gasteiger partial charge in [0.1, 0.15) is 17.6 Å². The summed E-state index contributed by atoms with van der Waals surface area (Å²) in [5.74, 6) is -0.763. The van der Waals surface area contributed by atoms with Gasteiger partial charge < -0.3 is 9.84 Å². The van der Waals surface area contributed by atoms with Crippen molar-refractivity contribution in [2.45, 2.75) is 13.3 Å². The zero-order valence-corrected chi connectivity index (χ0v) is 8.61. The Balaban J connectivity index is 3.36. The summed E-state index contributed by atoms with van der Waals surface area (Å²) in [6.45, 7) is 1.82. The summed E-state index contributed by atoms with van der Waals surface area (Å²) in [5.41, 5.74) is 0.934. The highest BCUT2D eigenvalue weighted by molar-refractivity contribution is 5.95. The van der Waals surface area contributed by atoms with Crippen molar-refractivity contribution in [1.82, 2.24) is 0 Å². The van der Waals surface area contributed by atoms with E-state index < -0.39 is 5.97 Å². The van der Waals surface area contributed by atoms with E-state index in [1.807, 2.05) is 6.92 Å². The monoisotopic (exact) mass is 208 g/mol. The lowest BCUT2D eigenvalue weighted by atomic mass is 10.0. The maximum absolute atomic E-state index is 11.3. The van der Waals surface area contributed by atoms with Crippen LogP contribution in [0.25, 0.3) is 0 Å². The van der Waals surface area contributed by atoms with Gasteiger partial charge in [0.2, 0.25) is 0 Å². The number of ether oxygens (including phenoxy) is 1. The number of aromatic hydroxyl groups is 1. The van der Waals surface area contributed by atoms with Gasteiger partial charge in [0.25, 0.3) is 0 Å². The number of hydrogen-bond donors (Lipinski definition) is 1. The summed E-state index contributed by atoms with van der Waals surface area (Å²) < 4.78 is 4.50. The summed E-state index contributed by atoms with van der Waals surface area (Å²) >= 11 is 0. The molecule has 1 N–H and O–H groups in total. The van der Waals surface area contributed by atoms with Gasteiger partial charge in [-0.05, 0) is 24.1 Å². The molecule has 0 aromatic heterocycles. The van der Waals surface area contributed by atoms with Crippen molar-refractivity contribution in [3.05, 3.63) is 28.8 Å². The molecule has 0 unspecified atom stereocenters. The van der Waals surface area contributed by atoms with Crippen LogP contribution < -0.4 is 0 Å². The summed E-state index contributed by atoms with van der Waals surface area (Å²) in [6, 6.07) is 2.86. The molecule has 0 spiro atoms. The molecule has 0 saturated carbocycles. The van der Waals surface area contributed by atoms with Gasteiger partial charge in [0.05, 0.1) is 7.11 Å². The molecule has 4 nitrogen and oxygen atoms in total. The first-order valence-electron chi connectivity index (χ1n) is 4.53. The molecule has 0 aliphatic rings. The maximum atomic E-state index is 11.3. The van der Waals surface area contributed by atoms with Crippen molar-refractivity contribution in [2.24, 2.45) is 0 Å². The lowest BCUT2D eigenvalue weighted by Crippen LogP contribution is -2.04. The molecule has 0 bridgehead atoms. The molecule has 0 saturated heterocycles. The number of carbonyl (C=O) groups excluding carboxylic acids is 2. The molecule has 0 heterocycles. The standard InChI is InChI=1S/C11H12O4/c1-3-8-4-7(6-12)5-9(10(8)13)11(14)15-2/h4-6,13H,3H2,1-2H3. The van der Waals surface area contributed by atoms with Crippen LogP contribution in [0.4, 0.5) is 0 Å². The zero-order valence-electron chi connectivity index (χ0n) is 8.61. The van der Waals surface area contributed by atoms with E-state index >= 15 is 0 Å². The third-order valence-corrected chi connectivity index (χ3v) is 2.13. The van der Waals surface area contributed by atoms with Crippen LogP contribution in [0.1, 0.15) is 33.2 Å². The van der Waals surface area contributed by atoms with Crippen LogP contribution >= 0.6 is 0 Å². The quantitative estimate of drug-likeness (QED) is 0.604. The average Bonchev–Trinajstić information content (AvgIpc) is 2.28. The van der Waals surface area contributed by atoms with Crippen molar-refractivity contribution in [3.8, 4) is 5.75 Å². The summed E-state index contributed by atoms with van der Waals surface area (Å²) in [5, 5.41) is 9.69. The predicted octanol–water partition coefficient (Wildman–Crippen LogP) is 1.55. The first-order chi connectivity index (χ1) is 7.13. The van der Waals surface area contributed by atoms with E-state index in [-0.39, 0.29) is 11.3 Å². The first-order valence-corrected chi connectivity index (χ1v) is 4.53. The van der Waals surface area contributed by atoms with E-state index in [9.17, 15) is 14.7 Å². The number of aryl methyl sites for hydroxylation is 1. The number of phenolic OH excluding ortho intramolecular Hbond substituents is 1. The van der Waals surface area contributed by atoms with E-state index in [2.05, 4.69) is 4.74 Å². The molecule has 0 atom stereocenters. The second-order valence-corrected chi connectivity index (χ2v) is 3.04. The van der Waals surface area contributed by atoms with E-state index in [4.69, 9.17) is 0 Å². The second-order valence-electron chi connectivity index (χ2n) is 3.04. The Morgan fingerprint density at radius 2 is 2.20 bits per heavy atom. The minimum Gasteiger partial charge on any atom is -0.507 e. The molecule has 4 heteroatoms. The third kappa shape index (κ3) is 2.15. The van der Waals surface area contributed by atoms with E-state index in [1.165, 1.54) is 13.2 Å². The highest BCUT2D eigenvalue weighted by Crippen LogP contribution is 2.25. The van der Waals surface area contributed by atoms with Gasteiger partial charge in [-0.3, -0.25) is 4.79 Å². The number of phenols is 1. The SMILES string of the molecule is CCc1cc(C=O)cc(C(=O)OC)c1O. The van der Waals surface area contributed by atoms with Gasteiger partial charge in [-0.2, -0.15) is 0 Å². The summed E-state index contributed by atoms with van der Waals surface area (Å²) in [7, 11) is 1.22. The topological polar surface area (TPSA) is 63.6 Å². The number of hydrogen-bond acceptors (Lipinski definition) is 4. The fourth-order valence-electron chi connectivity index (χ4n) is 1.32. The normalized spacial score (nSPS) is 9.73. The van der Waals surface area contributed by atoms with Gasteiger partial charge in [0, 0.05) is 5.56 Å². The molecule has 0 aliphatic carbocycles. The van der Waals surface area contributed by atoms with Crippen LogP contribution in [0.2, 0.25) is 0 Å². The van der Waals surface area contributed by atoms with Gasteiger partial charge in [0.15, 0.2) is 0 Å². The summed E-state index contributed by atoms with van der Waals surface area (Å²) in [4.78, 5) is 21.9. The van der Waals surface area contributed by atoms with Crippen molar-refractivity contribution in [1.29, 1.82) is 0 Å². The smallest absolute Gasteiger partial charge is 0.341 e. The second kappa shape index (κ2) is 4.59. The number of rotatable bonds is 3. The van der Waals surface area contributed by atoms with Gasteiger partial charge in [-0.25, -0.2) is 4.79 Å². The predicted molar refractivity (Wildman–Crippen MR) is 54.2 cm³/mol. The lowest BCUT2D eigenvalue weighted by molar-refractivity contribution is 0.0597. The fraction of sp³-hybridized carbons (Fsp3) is 0.273. The van der Waals surface area contributed by atoms with Crippen molar-refractivity contribution < 1.29 is 19.4 Å². The van der Waals surface area contributed by atoms with Crippen LogP contribution in [-0.2, 0) is 11.2 Å². The van der Waals surface area contributed by atoms with E-state index in [0.717, 1.165) is 0 Å². The molecule has 0 radical (unpaired) electrons. The van der Waals surface area contributed by atoms with Crippen molar-refractivity contribution in [3.63, 3.8) is 0 Å². The Bertz CT molecular complexity index is 396. The fourth-order valence-corrected chi connectivity index (χ4v) is 1.32. The Labute approximate surface area is 87.5 Å². The van der Waals surface area contributed by atoms with Crippen LogP contribution in [0, 0.1) is 0 Å². The molecule has 0 fully saturated rings. The molecule has 15 heavy (non-hydrogen) atoms. The molecule has 1 aromatic carbocycles. The van der Waals surface area contributed by atoms with Crippen LogP contribution in [0.3, 0.4) is 0 Å². The lowest BCUT2D eigenvalue weighted by Gasteiger charge is -2.07. The number of methoxy groups -OCH3 is 1. The number of aldehydes is 1. The average molecular weight is 208 g/mol. The number of carbonyl (C=O) groups is 2. The number of esters is 1. The Hall–Kier alpha value is -1.84. The Morgan fingerprint density at radius 1 is 1.53 bits per heavy atom. The largest absolute Gasteiger partial charge is 0.507 e. The molecule has 0 aliphatic heterocycles. The molecule has 80 valence electrons.